The molecule has 0 radical (unpaired) electrons. The summed E-state index contributed by atoms with van der Waals surface area (Å²) >= 11 is 0. The van der Waals surface area contributed by atoms with Gasteiger partial charge in [-0.05, 0) is 83.5 Å². The van der Waals surface area contributed by atoms with E-state index >= 15 is 0 Å². The number of ether oxygens (including phenoxy) is 3. The Morgan fingerprint density at radius 3 is 0.760 bits per heavy atom. The van der Waals surface area contributed by atoms with Gasteiger partial charge in [-0.1, -0.05) is 301 Å². The predicted octanol–water partition coefficient (Wildman–Crippen LogP) is 22.6. The molecular weight excluding hydrogens is 925 g/mol. The van der Waals surface area contributed by atoms with E-state index in [0.29, 0.717) is 19.3 Å². The predicted molar refractivity (Wildman–Crippen MR) is 325 cm³/mol. The van der Waals surface area contributed by atoms with Crippen molar-refractivity contribution in [3.05, 3.63) is 48.6 Å². The molecule has 0 fully saturated rings. The Kier molecular flexibility index (Phi) is 61.7. The monoisotopic (exact) mass is 1050 g/mol. The lowest BCUT2D eigenvalue weighted by Crippen LogP contribution is -2.30. The molecule has 0 amide bonds. The Bertz CT molecular complexity index is 1300. The van der Waals surface area contributed by atoms with Gasteiger partial charge in [-0.2, -0.15) is 0 Å². The fraction of sp³-hybridized carbons (Fsp3) is 0.841. The first-order chi connectivity index (χ1) is 37.0. The molecule has 6 nitrogen and oxygen atoms in total. The average molecular weight is 1050 g/mol. The molecule has 0 saturated carbocycles. The zero-order chi connectivity index (χ0) is 54.3. The fourth-order valence-electron chi connectivity index (χ4n) is 9.80. The molecule has 0 rings (SSSR count). The van der Waals surface area contributed by atoms with Crippen molar-refractivity contribution in [1.29, 1.82) is 0 Å². The Labute approximate surface area is 467 Å². The third-order valence-electron chi connectivity index (χ3n) is 14.8. The van der Waals surface area contributed by atoms with E-state index in [4.69, 9.17) is 14.2 Å². The number of hydrogen-bond acceptors (Lipinski definition) is 6. The molecule has 1 atom stereocenters. The van der Waals surface area contributed by atoms with Crippen molar-refractivity contribution in [3.8, 4) is 0 Å². The zero-order valence-electron chi connectivity index (χ0n) is 50.3. The van der Waals surface area contributed by atoms with Gasteiger partial charge < -0.3 is 14.2 Å². The minimum Gasteiger partial charge on any atom is -0.462 e. The maximum Gasteiger partial charge on any atom is 0.306 e. The number of carbonyl (C=O) groups excluding carboxylic acids is 3. The molecule has 6 heteroatoms. The van der Waals surface area contributed by atoms with Crippen molar-refractivity contribution in [2.75, 3.05) is 13.2 Å². The van der Waals surface area contributed by atoms with Crippen LogP contribution in [0.3, 0.4) is 0 Å². The molecule has 0 spiro atoms. The van der Waals surface area contributed by atoms with E-state index in [2.05, 4.69) is 69.4 Å². The van der Waals surface area contributed by atoms with Crippen molar-refractivity contribution >= 4 is 17.9 Å². The molecule has 438 valence electrons. The molecule has 0 aliphatic rings. The molecule has 0 aromatic rings. The highest BCUT2D eigenvalue weighted by Gasteiger charge is 2.19. The van der Waals surface area contributed by atoms with Crippen molar-refractivity contribution in [1.82, 2.24) is 0 Å². The van der Waals surface area contributed by atoms with Crippen molar-refractivity contribution in [2.45, 2.75) is 361 Å². The van der Waals surface area contributed by atoms with E-state index in [-0.39, 0.29) is 31.1 Å². The van der Waals surface area contributed by atoms with Gasteiger partial charge in [-0.25, -0.2) is 0 Å². The molecule has 1 unspecified atom stereocenters. The standard InChI is InChI=1S/C69H126O6/c1-4-7-10-13-16-18-20-22-24-26-27-28-29-30-31-32-33-34-35-36-37-38-39-40-41-43-44-46-48-50-53-56-59-62-68(71)74-65-66(64-73-67(70)61-58-55-52-15-12-9-6-3)75-69(72)63-60-57-54-51-49-47-45-42-25-23-21-19-17-14-11-8-5-2/h17,19-20,22-23,25-27,66H,4-16,18,21,24,28-65H2,1-3H3/b19-17-,22-20-,25-23-,27-26-. The summed E-state index contributed by atoms with van der Waals surface area (Å²) in [5, 5.41) is 0. The van der Waals surface area contributed by atoms with Gasteiger partial charge in [-0.3, -0.25) is 14.4 Å². The van der Waals surface area contributed by atoms with Crippen LogP contribution in [-0.4, -0.2) is 37.2 Å². The second kappa shape index (κ2) is 63.9. The van der Waals surface area contributed by atoms with Crippen LogP contribution >= 0.6 is 0 Å². The number of carbonyl (C=O) groups is 3. The van der Waals surface area contributed by atoms with Gasteiger partial charge in [0.15, 0.2) is 6.10 Å². The van der Waals surface area contributed by atoms with E-state index in [1.165, 1.54) is 238 Å². The number of hydrogen-bond donors (Lipinski definition) is 0. The van der Waals surface area contributed by atoms with E-state index in [1.807, 2.05) is 0 Å². The molecule has 0 aliphatic heterocycles. The average Bonchev–Trinajstić information content (AvgIpc) is 3.41. The van der Waals surface area contributed by atoms with Crippen LogP contribution in [0.15, 0.2) is 48.6 Å². The third kappa shape index (κ3) is 62.1. The van der Waals surface area contributed by atoms with Gasteiger partial charge in [0.05, 0.1) is 0 Å². The van der Waals surface area contributed by atoms with Crippen LogP contribution in [0.2, 0.25) is 0 Å². The lowest BCUT2D eigenvalue weighted by atomic mass is 10.0. The van der Waals surface area contributed by atoms with Gasteiger partial charge in [0, 0.05) is 19.3 Å². The summed E-state index contributed by atoms with van der Waals surface area (Å²) in [6.07, 6.45) is 80.2. The van der Waals surface area contributed by atoms with Gasteiger partial charge in [-0.15, -0.1) is 0 Å². The minimum atomic E-state index is -0.772. The van der Waals surface area contributed by atoms with Crippen molar-refractivity contribution < 1.29 is 28.6 Å². The van der Waals surface area contributed by atoms with Crippen LogP contribution in [0.25, 0.3) is 0 Å². The topological polar surface area (TPSA) is 78.9 Å². The number of allylic oxidation sites excluding steroid dienone is 8. The Balaban J connectivity index is 3.98. The molecule has 0 N–H and O–H groups in total. The normalized spacial score (nSPS) is 12.3. The molecular formula is C69H126O6. The summed E-state index contributed by atoms with van der Waals surface area (Å²) in [6, 6.07) is 0. The SMILES string of the molecule is CCCCC/C=C\C/C=C\CCCCCCCCCC(=O)OC(COC(=O)CCCCCCCCC)COC(=O)CCCCCCCCCCCCCCCCCCCCCCC/C=C\C/C=C\CCCCCCC. The highest BCUT2D eigenvalue weighted by atomic mass is 16.6. The van der Waals surface area contributed by atoms with Crippen LogP contribution in [0.4, 0.5) is 0 Å². The molecule has 0 bridgehead atoms. The lowest BCUT2D eigenvalue weighted by Gasteiger charge is -2.18. The molecule has 0 aliphatic carbocycles. The van der Waals surface area contributed by atoms with Gasteiger partial charge in [0.1, 0.15) is 13.2 Å². The summed E-state index contributed by atoms with van der Waals surface area (Å²) in [5.41, 5.74) is 0. The van der Waals surface area contributed by atoms with Crippen LogP contribution in [0.5, 0.6) is 0 Å². The number of unbranched alkanes of at least 4 members (excludes halogenated alkanes) is 42. The van der Waals surface area contributed by atoms with Crippen molar-refractivity contribution in [2.24, 2.45) is 0 Å². The lowest BCUT2D eigenvalue weighted by molar-refractivity contribution is -0.167. The molecule has 75 heavy (non-hydrogen) atoms. The Morgan fingerprint density at radius 1 is 0.267 bits per heavy atom. The summed E-state index contributed by atoms with van der Waals surface area (Å²) in [4.78, 5) is 38.0. The maximum atomic E-state index is 12.8. The van der Waals surface area contributed by atoms with Gasteiger partial charge in [0.25, 0.3) is 0 Å². The summed E-state index contributed by atoms with van der Waals surface area (Å²) in [7, 11) is 0. The summed E-state index contributed by atoms with van der Waals surface area (Å²) in [6.45, 7) is 6.60. The van der Waals surface area contributed by atoms with E-state index in [0.717, 1.165) is 77.0 Å². The first kappa shape index (κ1) is 72.4. The first-order valence-electron chi connectivity index (χ1n) is 33.1. The van der Waals surface area contributed by atoms with Crippen LogP contribution < -0.4 is 0 Å². The van der Waals surface area contributed by atoms with Crippen LogP contribution in [0, 0.1) is 0 Å². The number of rotatable bonds is 61. The molecule has 0 heterocycles. The Hall–Kier alpha value is -2.63. The van der Waals surface area contributed by atoms with E-state index in [1.54, 1.807) is 0 Å². The van der Waals surface area contributed by atoms with Gasteiger partial charge >= 0.3 is 17.9 Å². The zero-order valence-corrected chi connectivity index (χ0v) is 50.3. The highest BCUT2D eigenvalue weighted by Crippen LogP contribution is 2.18. The quantitative estimate of drug-likeness (QED) is 0.0261. The third-order valence-corrected chi connectivity index (χ3v) is 14.8. The minimum absolute atomic E-state index is 0.0720. The fourth-order valence-corrected chi connectivity index (χ4v) is 9.80. The second-order valence-electron chi connectivity index (χ2n) is 22.4. The smallest absolute Gasteiger partial charge is 0.306 e. The Morgan fingerprint density at radius 2 is 0.480 bits per heavy atom. The molecule has 0 saturated heterocycles. The second-order valence-corrected chi connectivity index (χ2v) is 22.4. The van der Waals surface area contributed by atoms with Crippen LogP contribution in [0.1, 0.15) is 355 Å². The summed E-state index contributed by atoms with van der Waals surface area (Å²) in [5.74, 6) is -0.868. The summed E-state index contributed by atoms with van der Waals surface area (Å²) < 4.78 is 16.8. The first-order valence-corrected chi connectivity index (χ1v) is 33.1. The highest BCUT2D eigenvalue weighted by molar-refractivity contribution is 5.71. The largest absolute Gasteiger partial charge is 0.462 e. The number of esters is 3. The van der Waals surface area contributed by atoms with E-state index in [9.17, 15) is 14.4 Å². The van der Waals surface area contributed by atoms with E-state index < -0.39 is 6.10 Å². The molecule has 0 aromatic carbocycles. The van der Waals surface area contributed by atoms with Gasteiger partial charge in [0.2, 0.25) is 0 Å². The van der Waals surface area contributed by atoms with Crippen molar-refractivity contribution in [3.63, 3.8) is 0 Å². The maximum absolute atomic E-state index is 12.8. The van der Waals surface area contributed by atoms with Crippen LogP contribution in [-0.2, 0) is 28.6 Å². The molecule has 0 aromatic heterocycles.